The highest BCUT2D eigenvalue weighted by atomic mass is 79.9. The number of ether oxygens (including phenoxy) is 1. The highest BCUT2D eigenvalue weighted by Crippen LogP contribution is 2.19. The minimum absolute atomic E-state index is 0.0325. The summed E-state index contributed by atoms with van der Waals surface area (Å²) >= 11 is 3.12. The van der Waals surface area contributed by atoms with Crippen molar-refractivity contribution in [2.45, 2.75) is 38.6 Å². The van der Waals surface area contributed by atoms with E-state index >= 15 is 0 Å². The molecular formula is C11H18BrNO3. The lowest BCUT2D eigenvalue weighted by molar-refractivity contribution is -0.152. The van der Waals surface area contributed by atoms with Crippen LogP contribution in [0.15, 0.2) is 0 Å². The van der Waals surface area contributed by atoms with Crippen molar-refractivity contribution in [3.05, 3.63) is 0 Å². The van der Waals surface area contributed by atoms with E-state index < -0.39 is 0 Å². The number of esters is 1. The van der Waals surface area contributed by atoms with E-state index in [4.69, 9.17) is 4.74 Å². The first-order valence-electron chi connectivity index (χ1n) is 5.72. The third-order valence-corrected chi connectivity index (χ3v) is 3.18. The van der Waals surface area contributed by atoms with Crippen LogP contribution in [0, 0.1) is 0 Å². The molecule has 4 nitrogen and oxygen atoms in total. The van der Waals surface area contributed by atoms with Gasteiger partial charge in [-0.25, -0.2) is 4.79 Å². The Morgan fingerprint density at radius 3 is 2.88 bits per heavy atom. The zero-order valence-electron chi connectivity index (χ0n) is 9.58. The quantitative estimate of drug-likeness (QED) is 0.440. The zero-order valence-corrected chi connectivity index (χ0v) is 11.2. The number of halogens is 1. The van der Waals surface area contributed by atoms with Gasteiger partial charge in [0.1, 0.15) is 6.04 Å². The topological polar surface area (TPSA) is 46.6 Å². The van der Waals surface area contributed by atoms with E-state index in [-0.39, 0.29) is 23.2 Å². The van der Waals surface area contributed by atoms with Crippen LogP contribution in [0.25, 0.3) is 0 Å². The summed E-state index contributed by atoms with van der Waals surface area (Å²) in [4.78, 5) is 24.9. The van der Waals surface area contributed by atoms with Crippen molar-refractivity contribution in [2.75, 3.05) is 18.5 Å². The lowest BCUT2D eigenvalue weighted by Gasteiger charge is -2.22. The Bertz CT molecular complexity index is 258. The molecule has 1 heterocycles. The molecule has 0 aromatic heterocycles. The molecule has 0 unspecified atom stereocenters. The SMILES string of the molecule is CCCCOC(=O)[C@@H]1CCCN1C(=O)CBr. The van der Waals surface area contributed by atoms with Gasteiger partial charge in [0.2, 0.25) is 5.91 Å². The summed E-state index contributed by atoms with van der Waals surface area (Å²) in [6.07, 6.45) is 3.49. The van der Waals surface area contributed by atoms with Gasteiger partial charge in [0.15, 0.2) is 0 Å². The molecule has 1 rings (SSSR count). The summed E-state index contributed by atoms with van der Waals surface area (Å²) in [7, 11) is 0. The molecule has 5 heteroatoms. The number of likely N-dealkylation sites (tertiary alicyclic amines) is 1. The van der Waals surface area contributed by atoms with Crippen molar-refractivity contribution >= 4 is 27.8 Å². The second kappa shape index (κ2) is 6.89. The molecule has 1 saturated heterocycles. The number of hydrogen-bond acceptors (Lipinski definition) is 3. The molecule has 1 amide bonds. The lowest BCUT2D eigenvalue weighted by Crippen LogP contribution is -2.42. The van der Waals surface area contributed by atoms with Gasteiger partial charge < -0.3 is 9.64 Å². The minimum Gasteiger partial charge on any atom is -0.464 e. The predicted octanol–water partition coefficient (Wildman–Crippen LogP) is 1.72. The van der Waals surface area contributed by atoms with Gasteiger partial charge in [-0.1, -0.05) is 29.3 Å². The van der Waals surface area contributed by atoms with Crippen molar-refractivity contribution in [3.8, 4) is 0 Å². The fourth-order valence-corrected chi connectivity index (χ4v) is 2.12. The molecule has 0 aromatic carbocycles. The van der Waals surface area contributed by atoms with Crippen LogP contribution in [-0.2, 0) is 14.3 Å². The first-order valence-corrected chi connectivity index (χ1v) is 6.85. The first-order chi connectivity index (χ1) is 7.70. The smallest absolute Gasteiger partial charge is 0.328 e. The molecule has 16 heavy (non-hydrogen) atoms. The number of alkyl halides is 1. The maximum atomic E-state index is 11.7. The number of nitrogens with zero attached hydrogens (tertiary/aromatic N) is 1. The van der Waals surface area contributed by atoms with Crippen LogP contribution in [-0.4, -0.2) is 41.3 Å². The number of carbonyl (C=O) groups is 2. The Kier molecular flexibility index (Phi) is 5.80. The van der Waals surface area contributed by atoms with E-state index in [0.717, 1.165) is 25.7 Å². The molecule has 0 spiro atoms. The monoisotopic (exact) mass is 291 g/mol. The summed E-state index contributed by atoms with van der Waals surface area (Å²) in [5, 5.41) is 0.270. The number of unbranched alkanes of at least 4 members (excludes halogenated alkanes) is 1. The van der Waals surface area contributed by atoms with E-state index in [9.17, 15) is 9.59 Å². The molecule has 1 aliphatic rings. The molecule has 0 aromatic rings. The maximum absolute atomic E-state index is 11.7. The molecule has 1 fully saturated rings. The lowest BCUT2D eigenvalue weighted by atomic mass is 10.2. The number of amides is 1. The first kappa shape index (κ1) is 13.5. The Labute approximate surface area is 104 Å². The number of rotatable bonds is 5. The highest BCUT2D eigenvalue weighted by molar-refractivity contribution is 9.09. The van der Waals surface area contributed by atoms with Crippen molar-refractivity contribution in [1.82, 2.24) is 4.90 Å². The third-order valence-electron chi connectivity index (χ3n) is 2.70. The van der Waals surface area contributed by atoms with Crippen LogP contribution in [0.3, 0.4) is 0 Å². The molecule has 0 aliphatic carbocycles. The molecular weight excluding hydrogens is 274 g/mol. The van der Waals surface area contributed by atoms with E-state index in [0.29, 0.717) is 13.2 Å². The molecule has 92 valence electrons. The van der Waals surface area contributed by atoms with Crippen LogP contribution < -0.4 is 0 Å². The van der Waals surface area contributed by atoms with Crippen LogP contribution in [0.2, 0.25) is 0 Å². The zero-order chi connectivity index (χ0) is 12.0. The van der Waals surface area contributed by atoms with Gasteiger partial charge in [-0.15, -0.1) is 0 Å². The predicted molar refractivity (Wildman–Crippen MR) is 64.4 cm³/mol. The Hall–Kier alpha value is -0.580. The van der Waals surface area contributed by atoms with Gasteiger partial charge >= 0.3 is 5.97 Å². The van der Waals surface area contributed by atoms with Gasteiger partial charge in [0, 0.05) is 6.54 Å². The van der Waals surface area contributed by atoms with Crippen molar-refractivity contribution in [2.24, 2.45) is 0 Å². The Morgan fingerprint density at radius 2 is 2.25 bits per heavy atom. The van der Waals surface area contributed by atoms with Crippen LogP contribution in [0.4, 0.5) is 0 Å². The molecule has 1 aliphatic heterocycles. The van der Waals surface area contributed by atoms with Crippen molar-refractivity contribution in [1.29, 1.82) is 0 Å². The Morgan fingerprint density at radius 1 is 1.50 bits per heavy atom. The number of carbonyl (C=O) groups excluding carboxylic acids is 2. The highest BCUT2D eigenvalue weighted by Gasteiger charge is 2.34. The molecule has 0 bridgehead atoms. The standard InChI is InChI=1S/C11H18BrNO3/c1-2-3-7-16-11(15)9-5-4-6-13(9)10(14)8-12/h9H,2-8H2,1H3/t9-/m0/s1. The number of hydrogen-bond donors (Lipinski definition) is 0. The fraction of sp³-hybridized carbons (Fsp3) is 0.818. The largest absolute Gasteiger partial charge is 0.464 e. The van der Waals surface area contributed by atoms with E-state index in [1.165, 1.54) is 0 Å². The van der Waals surface area contributed by atoms with Crippen LogP contribution in [0.1, 0.15) is 32.6 Å². The van der Waals surface area contributed by atoms with E-state index in [1.54, 1.807) is 4.90 Å². The van der Waals surface area contributed by atoms with Crippen molar-refractivity contribution < 1.29 is 14.3 Å². The average molecular weight is 292 g/mol. The molecule has 0 N–H and O–H groups in total. The van der Waals surface area contributed by atoms with E-state index in [1.807, 2.05) is 6.92 Å². The summed E-state index contributed by atoms with van der Waals surface area (Å²) < 4.78 is 5.14. The van der Waals surface area contributed by atoms with Gasteiger partial charge in [-0.3, -0.25) is 4.79 Å². The summed E-state index contributed by atoms with van der Waals surface area (Å²) in [5.41, 5.74) is 0. The molecule has 1 atom stereocenters. The van der Waals surface area contributed by atoms with Gasteiger partial charge in [-0.05, 0) is 19.3 Å². The minimum atomic E-state index is -0.359. The van der Waals surface area contributed by atoms with Gasteiger partial charge in [0.05, 0.1) is 11.9 Å². The summed E-state index contributed by atoms with van der Waals surface area (Å²) in [6, 6.07) is -0.359. The Balaban J connectivity index is 2.44. The van der Waals surface area contributed by atoms with Gasteiger partial charge in [0.25, 0.3) is 0 Å². The van der Waals surface area contributed by atoms with E-state index in [2.05, 4.69) is 15.9 Å². The molecule has 0 radical (unpaired) electrons. The fourth-order valence-electron chi connectivity index (χ4n) is 1.80. The van der Waals surface area contributed by atoms with Crippen LogP contribution in [0.5, 0.6) is 0 Å². The normalized spacial score (nSPS) is 19.9. The molecule has 0 saturated carbocycles. The maximum Gasteiger partial charge on any atom is 0.328 e. The van der Waals surface area contributed by atoms with Crippen molar-refractivity contribution in [3.63, 3.8) is 0 Å². The summed E-state index contributed by atoms with van der Waals surface area (Å²) in [6.45, 7) is 3.17. The van der Waals surface area contributed by atoms with Gasteiger partial charge in [-0.2, -0.15) is 0 Å². The second-order valence-corrected chi connectivity index (χ2v) is 4.46. The average Bonchev–Trinajstić information content (AvgIpc) is 2.77. The summed E-state index contributed by atoms with van der Waals surface area (Å²) in [5.74, 6) is -0.282. The van der Waals surface area contributed by atoms with Crippen LogP contribution >= 0.6 is 15.9 Å². The second-order valence-electron chi connectivity index (χ2n) is 3.90. The third kappa shape index (κ3) is 3.47.